The summed E-state index contributed by atoms with van der Waals surface area (Å²) in [6.07, 6.45) is 0.637. The van der Waals surface area contributed by atoms with Gasteiger partial charge in [-0.3, -0.25) is 0 Å². The van der Waals surface area contributed by atoms with E-state index in [1.807, 2.05) is 6.07 Å². The number of hydrogen-bond acceptors (Lipinski definition) is 3. The Morgan fingerprint density at radius 3 is 2.45 bits per heavy atom. The molecule has 0 amide bonds. The average molecular weight is 314 g/mol. The number of anilines is 1. The van der Waals surface area contributed by atoms with Crippen molar-refractivity contribution in [2.24, 2.45) is 0 Å². The predicted octanol–water partition coefficient (Wildman–Crippen LogP) is 3.41. The van der Waals surface area contributed by atoms with Gasteiger partial charge in [0.05, 0.1) is 4.90 Å². The van der Waals surface area contributed by atoms with Gasteiger partial charge in [0.2, 0.25) is 0 Å². The minimum absolute atomic E-state index is 0.0958. The van der Waals surface area contributed by atoms with Gasteiger partial charge in [-0.25, -0.2) is 12.8 Å². The van der Waals surface area contributed by atoms with Gasteiger partial charge in [0.1, 0.15) is 5.82 Å². The third kappa shape index (κ3) is 4.21. The first kappa shape index (κ1) is 14.8. The number of rotatable bonds is 5. The van der Waals surface area contributed by atoms with Gasteiger partial charge in [0, 0.05) is 22.9 Å². The fourth-order valence-corrected chi connectivity index (χ4v) is 2.59. The molecular formula is C14H13ClFNO2S. The van der Waals surface area contributed by atoms with Gasteiger partial charge in [0.25, 0.3) is 9.05 Å². The van der Waals surface area contributed by atoms with Crippen molar-refractivity contribution in [2.75, 3.05) is 11.9 Å². The number of halogens is 2. The molecule has 0 bridgehead atoms. The van der Waals surface area contributed by atoms with E-state index in [9.17, 15) is 12.8 Å². The Hall–Kier alpha value is -1.59. The molecule has 106 valence electrons. The number of nitrogens with one attached hydrogen (secondary N) is 1. The van der Waals surface area contributed by atoms with E-state index in [2.05, 4.69) is 5.32 Å². The third-order valence-electron chi connectivity index (χ3n) is 2.77. The van der Waals surface area contributed by atoms with Crippen molar-refractivity contribution >= 4 is 25.4 Å². The molecule has 0 aliphatic heterocycles. The van der Waals surface area contributed by atoms with Crippen LogP contribution in [0.1, 0.15) is 5.56 Å². The van der Waals surface area contributed by atoms with Gasteiger partial charge in [-0.2, -0.15) is 0 Å². The molecule has 0 saturated heterocycles. The summed E-state index contributed by atoms with van der Waals surface area (Å²) in [4.78, 5) is 0.0958. The lowest BCUT2D eigenvalue weighted by molar-refractivity contribution is 0.609. The van der Waals surface area contributed by atoms with Crippen LogP contribution in [0.5, 0.6) is 0 Å². The molecule has 0 fully saturated rings. The van der Waals surface area contributed by atoms with Crippen molar-refractivity contribution in [3.05, 3.63) is 59.9 Å². The number of benzene rings is 2. The van der Waals surface area contributed by atoms with Crippen LogP contribution in [0.3, 0.4) is 0 Å². The Labute approximate surface area is 121 Å². The summed E-state index contributed by atoms with van der Waals surface area (Å²) in [5.74, 6) is -0.282. The molecule has 0 unspecified atom stereocenters. The molecule has 0 spiro atoms. The third-order valence-corrected chi connectivity index (χ3v) is 4.12. The fraction of sp³-hybridized carbons (Fsp3) is 0.143. The molecule has 20 heavy (non-hydrogen) atoms. The Balaban J connectivity index is 1.96. The molecule has 0 heterocycles. The van der Waals surface area contributed by atoms with Gasteiger partial charge in [-0.1, -0.05) is 12.1 Å². The highest BCUT2D eigenvalue weighted by atomic mass is 35.7. The van der Waals surface area contributed by atoms with E-state index in [0.717, 1.165) is 11.3 Å². The Morgan fingerprint density at radius 2 is 1.80 bits per heavy atom. The van der Waals surface area contributed by atoms with E-state index in [1.54, 1.807) is 24.3 Å². The highest BCUT2D eigenvalue weighted by Crippen LogP contribution is 2.16. The predicted molar refractivity (Wildman–Crippen MR) is 78.1 cm³/mol. The average Bonchev–Trinajstić information content (AvgIpc) is 2.40. The molecule has 2 rings (SSSR count). The van der Waals surface area contributed by atoms with Crippen LogP contribution in [0.15, 0.2) is 53.4 Å². The monoisotopic (exact) mass is 313 g/mol. The second-order valence-electron chi connectivity index (χ2n) is 4.27. The molecular weight excluding hydrogens is 301 g/mol. The summed E-state index contributed by atoms with van der Waals surface area (Å²) >= 11 is 0. The van der Waals surface area contributed by atoms with Gasteiger partial charge in [-0.05, 0) is 48.4 Å². The zero-order valence-corrected chi connectivity index (χ0v) is 12.1. The molecule has 6 heteroatoms. The van der Waals surface area contributed by atoms with Gasteiger partial charge < -0.3 is 5.32 Å². The van der Waals surface area contributed by atoms with Crippen LogP contribution in [0.25, 0.3) is 0 Å². The van der Waals surface area contributed by atoms with E-state index >= 15 is 0 Å². The smallest absolute Gasteiger partial charge is 0.261 e. The molecule has 0 atom stereocenters. The molecule has 3 nitrogen and oxygen atoms in total. The highest BCUT2D eigenvalue weighted by molar-refractivity contribution is 8.13. The second kappa shape index (κ2) is 6.24. The van der Waals surface area contributed by atoms with Crippen LogP contribution in [0.2, 0.25) is 0 Å². The van der Waals surface area contributed by atoms with Crippen molar-refractivity contribution in [1.82, 2.24) is 0 Å². The van der Waals surface area contributed by atoms with E-state index in [1.165, 1.54) is 18.2 Å². The summed E-state index contributed by atoms with van der Waals surface area (Å²) in [6.45, 7) is 0.609. The Morgan fingerprint density at radius 1 is 1.10 bits per heavy atom. The Bertz CT molecular complexity index is 687. The van der Waals surface area contributed by atoms with E-state index in [4.69, 9.17) is 10.7 Å². The van der Waals surface area contributed by atoms with Crippen LogP contribution < -0.4 is 5.32 Å². The first-order valence-electron chi connectivity index (χ1n) is 5.98. The van der Waals surface area contributed by atoms with Crippen LogP contribution in [-0.4, -0.2) is 15.0 Å². The van der Waals surface area contributed by atoms with Crippen molar-refractivity contribution in [3.8, 4) is 0 Å². The zero-order valence-electron chi connectivity index (χ0n) is 10.5. The van der Waals surface area contributed by atoms with Gasteiger partial charge in [0.15, 0.2) is 0 Å². The summed E-state index contributed by atoms with van der Waals surface area (Å²) in [5.41, 5.74) is 1.67. The van der Waals surface area contributed by atoms with Crippen molar-refractivity contribution in [1.29, 1.82) is 0 Å². The zero-order chi connectivity index (χ0) is 14.6. The number of hydrogen-bond donors (Lipinski definition) is 1. The molecule has 0 aromatic heterocycles. The molecule has 1 N–H and O–H groups in total. The van der Waals surface area contributed by atoms with Gasteiger partial charge >= 0.3 is 0 Å². The topological polar surface area (TPSA) is 46.2 Å². The Kier molecular flexibility index (Phi) is 4.62. The van der Waals surface area contributed by atoms with E-state index < -0.39 is 9.05 Å². The van der Waals surface area contributed by atoms with Crippen LogP contribution in [0, 0.1) is 5.82 Å². The van der Waals surface area contributed by atoms with E-state index in [-0.39, 0.29) is 10.7 Å². The van der Waals surface area contributed by atoms with Crippen LogP contribution in [-0.2, 0) is 15.5 Å². The lowest BCUT2D eigenvalue weighted by Gasteiger charge is -2.07. The lowest BCUT2D eigenvalue weighted by atomic mass is 10.1. The molecule has 0 saturated carbocycles. The maximum atomic E-state index is 12.7. The minimum Gasteiger partial charge on any atom is -0.385 e. The molecule has 0 radical (unpaired) electrons. The van der Waals surface area contributed by atoms with Crippen molar-refractivity contribution in [3.63, 3.8) is 0 Å². The first-order valence-corrected chi connectivity index (χ1v) is 8.29. The highest BCUT2D eigenvalue weighted by Gasteiger charge is 2.09. The van der Waals surface area contributed by atoms with Crippen molar-refractivity contribution < 1.29 is 12.8 Å². The van der Waals surface area contributed by atoms with Crippen LogP contribution >= 0.6 is 10.7 Å². The standard InChI is InChI=1S/C14H13ClFNO2S/c15-20(18,19)14-3-1-2-11(10-14)8-9-17-13-6-4-12(16)5-7-13/h1-7,10,17H,8-9H2. The maximum absolute atomic E-state index is 12.7. The van der Waals surface area contributed by atoms with Gasteiger partial charge in [-0.15, -0.1) is 0 Å². The summed E-state index contributed by atoms with van der Waals surface area (Å²) in [7, 11) is 1.60. The van der Waals surface area contributed by atoms with Crippen molar-refractivity contribution in [2.45, 2.75) is 11.3 Å². The molecule has 2 aromatic rings. The second-order valence-corrected chi connectivity index (χ2v) is 6.83. The summed E-state index contributed by atoms with van der Waals surface area (Å²) < 4.78 is 35.2. The molecule has 0 aliphatic carbocycles. The minimum atomic E-state index is -3.70. The summed E-state index contributed by atoms with van der Waals surface area (Å²) in [5, 5.41) is 3.13. The summed E-state index contributed by atoms with van der Waals surface area (Å²) in [6, 6.07) is 12.5. The normalized spacial score (nSPS) is 11.3. The van der Waals surface area contributed by atoms with Crippen LogP contribution in [0.4, 0.5) is 10.1 Å². The maximum Gasteiger partial charge on any atom is 0.261 e. The first-order chi connectivity index (χ1) is 9.45. The largest absolute Gasteiger partial charge is 0.385 e. The molecule has 0 aliphatic rings. The fourth-order valence-electron chi connectivity index (χ4n) is 1.77. The SMILES string of the molecule is O=S(=O)(Cl)c1cccc(CCNc2ccc(F)cc2)c1. The quantitative estimate of drug-likeness (QED) is 0.860. The lowest BCUT2D eigenvalue weighted by Crippen LogP contribution is -2.05. The molecule has 2 aromatic carbocycles. The van der Waals surface area contributed by atoms with E-state index in [0.29, 0.717) is 13.0 Å².